The Kier molecular flexibility index (Phi) is 2.97. The van der Waals surface area contributed by atoms with E-state index in [-0.39, 0.29) is 11.9 Å². The van der Waals surface area contributed by atoms with Gasteiger partial charge in [-0.15, -0.1) is 0 Å². The predicted octanol–water partition coefficient (Wildman–Crippen LogP) is 3.72. The molecule has 2 aromatic carbocycles. The van der Waals surface area contributed by atoms with Gasteiger partial charge in [0.25, 0.3) is 5.91 Å². The van der Waals surface area contributed by atoms with Crippen molar-refractivity contribution in [3.63, 3.8) is 0 Å². The van der Waals surface area contributed by atoms with Crippen molar-refractivity contribution in [2.24, 2.45) is 0 Å². The van der Waals surface area contributed by atoms with Gasteiger partial charge in [-0.3, -0.25) is 4.79 Å². The number of aryl methyl sites for hydroxylation is 2. The van der Waals surface area contributed by atoms with Crippen LogP contribution in [0.15, 0.2) is 36.4 Å². The molecule has 3 heteroatoms. The molecule has 3 nitrogen and oxygen atoms in total. The fraction of sp³-hybridized carbons (Fsp3) is 0.235. The van der Waals surface area contributed by atoms with Crippen molar-refractivity contribution in [2.75, 3.05) is 10.6 Å². The molecular formula is C17H18N2O. The molecular weight excluding hydrogens is 248 g/mol. The van der Waals surface area contributed by atoms with E-state index in [1.165, 1.54) is 11.1 Å². The molecule has 1 aliphatic rings. The molecule has 1 heterocycles. The Bertz CT molecular complexity index is 691. The average Bonchev–Trinajstić information content (AvgIpc) is 2.71. The number of carbonyl (C=O) groups excluding carboxylic acids is 1. The summed E-state index contributed by atoms with van der Waals surface area (Å²) in [5.41, 5.74) is 6.51. The van der Waals surface area contributed by atoms with E-state index in [2.05, 4.69) is 36.6 Å². The largest absolute Gasteiger partial charge is 0.370 e. The second kappa shape index (κ2) is 4.67. The number of fused-ring (bicyclic) bond motifs is 1. The van der Waals surface area contributed by atoms with E-state index in [0.29, 0.717) is 0 Å². The first-order valence-electron chi connectivity index (χ1n) is 6.80. The van der Waals surface area contributed by atoms with Crippen molar-refractivity contribution in [1.82, 2.24) is 0 Å². The van der Waals surface area contributed by atoms with Gasteiger partial charge in [0.2, 0.25) is 0 Å². The summed E-state index contributed by atoms with van der Waals surface area (Å²) in [6.45, 7) is 6.19. The summed E-state index contributed by atoms with van der Waals surface area (Å²) >= 11 is 0. The normalized spacial score (nSPS) is 16.8. The summed E-state index contributed by atoms with van der Waals surface area (Å²) in [5, 5.41) is 6.30. The van der Waals surface area contributed by atoms with Crippen molar-refractivity contribution in [3.8, 4) is 0 Å². The van der Waals surface area contributed by atoms with Gasteiger partial charge in [0, 0.05) is 16.9 Å². The van der Waals surface area contributed by atoms with E-state index in [9.17, 15) is 4.79 Å². The predicted molar refractivity (Wildman–Crippen MR) is 82.1 cm³/mol. The molecule has 20 heavy (non-hydrogen) atoms. The Morgan fingerprint density at radius 3 is 2.70 bits per heavy atom. The number of amides is 1. The third-order valence-electron chi connectivity index (χ3n) is 3.94. The molecule has 0 saturated carbocycles. The molecule has 1 unspecified atom stereocenters. The lowest BCUT2D eigenvalue weighted by atomic mass is 10.0. The van der Waals surface area contributed by atoms with Gasteiger partial charge < -0.3 is 10.6 Å². The van der Waals surface area contributed by atoms with Crippen molar-refractivity contribution >= 4 is 17.3 Å². The Labute approximate surface area is 119 Å². The molecule has 2 aromatic rings. The molecule has 1 atom stereocenters. The number of anilines is 2. The summed E-state index contributed by atoms with van der Waals surface area (Å²) < 4.78 is 0. The first-order chi connectivity index (χ1) is 9.56. The summed E-state index contributed by atoms with van der Waals surface area (Å²) in [6.07, 6.45) is 0. The lowest BCUT2D eigenvalue weighted by molar-refractivity contribution is -0.116. The Balaban J connectivity index is 1.98. The second-order valence-corrected chi connectivity index (χ2v) is 5.40. The SMILES string of the molecule is Cc1ccc2c(c1)C(Nc1cccc(C)c1C)C(=O)N2. The smallest absolute Gasteiger partial charge is 0.251 e. The zero-order valence-electron chi connectivity index (χ0n) is 11.9. The number of carbonyl (C=O) groups is 1. The highest BCUT2D eigenvalue weighted by Crippen LogP contribution is 2.34. The Hall–Kier alpha value is -2.29. The van der Waals surface area contributed by atoms with E-state index < -0.39 is 0 Å². The van der Waals surface area contributed by atoms with Gasteiger partial charge in [-0.1, -0.05) is 29.8 Å². The number of rotatable bonds is 2. The summed E-state index contributed by atoms with van der Waals surface area (Å²) in [5.74, 6) is 0.00602. The van der Waals surface area contributed by atoms with E-state index >= 15 is 0 Å². The molecule has 0 aromatic heterocycles. The summed E-state index contributed by atoms with van der Waals surface area (Å²) in [7, 11) is 0. The van der Waals surface area contributed by atoms with Crippen molar-refractivity contribution in [1.29, 1.82) is 0 Å². The molecule has 0 aliphatic carbocycles. The van der Waals surface area contributed by atoms with E-state index in [4.69, 9.17) is 0 Å². The maximum atomic E-state index is 12.2. The number of benzene rings is 2. The fourth-order valence-electron chi connectivity index (χ4n) is 2.59. The first-order valence-corrected chi connectivity index (χ1v) is 6.80. The number of hydrogen-bond donors (Lipinski definition) is 2. The lowest BCUT2D eigenvalue weighted by Crippen LogP contribution is -2.20. The van der Waals surface area contributed by atoms with Gasteiger partial charge >= 0.3 is 0 Å². The van der Waals surface area contributed by atoms with E-state index in [1.54, 1.807) is 0 Å². The molecule has 0 radical (unpaired) electrons. The highest BCUT2D eigenvalue weighted by Gasteiger charge is 2.30. The van der Waals surface area contributed by atoms with Gasteiger partial charge in [-0.2, -0.15) is 0 Å². The van der Waals surface area contributed by atoms with Crippen LogP contribution in [0.2, 0.25) is 0 Å². The zero-order chi connectivity index (χ0) is 14.3. The van der Waals surface area contributed by atoms with Crippen LogP contribution in [-0.2, 0) is 4.79 Å². The maximum Gasteiger partial charge on any atom is 0.251 e. The monoisotopic (exact) mass is 266 g/mol. The molecule has 1 aliphatic heterocycles. The topological polar surface area (TPSA) is 41.1 Å². The fourth-order valence-corrected chi connectivity index (χ4v) is 2.59. The molecule has 102 valence electrons. The molecule has 0 bridgehead atoms. The third kappa shape index (κ3) is 2.05. The Morgan fingerprint density at radius 2 is 1.90 bits per heavy atom. The first kappa shape index (κ1) is 12.7. The van der Waals surface area contributed by atoms with Crippen LogP contribution in [0.3, 0.4) is 0 Å². The minimum absolute atomic E-state index is 0.00602. The molecule has 2 N–H and O–H groups in total. The van der Waals surface area contributed by atoms with Gasteiger partial charge in [-0.05, 0) is 44.0 Å². The van der Waals surface area contributed by atoms with Crippen molar-refractivity contribution in [3.05, 3.63) is 58.7 Å². The van der Waals surface area contributed by atoms with Crippen LogP contribution < -0.4 is 10.6 Å². The minimum atomic E-state index is -0.314. The summed E-state index contributed by atoms with van der Waals surface area (Å²) in [6, 6.07) is 11.8. The van der Waals surface area contributed by atoms with Gasteiger partial charge in [-0.25, -0.2) is 0 Å². The Morgan fingerprint density at radius 1 is 1.10 bits per heavy atom. The quantitative estimate of drug-likeness (QED) is 0.869. The average molecular weight is 266 g/mol. The zero-order valence-corrected chi connectivity index (χ0v) is 11.9. The van der Waals surface area contributed by atoms with Crippen molar-refractivity contribution < 1.29 is 4.79 Å². The van der Waals surface area contributed by atoms with Gasteiger partial charge in [0.15, 0.2) is 0 Å². The lowest BCUT2D eigenvalue weighted by Gasteiger charge is -2.16. The third-order valence-corrected chi connectivity index (χ3v) is 3.94. The molecule has 0 saturated heterocycles. The number of nitrogens with one attached hydrogen (secondary N) is 2. The highest BCUT2D eigenvalue weighted by atomic mass is 16.2. The van der Waals surface area contributed by atoms with Crippen LogP contribution in [0, 0.1) is 20.8 Å². The van der Waals surface area contributed by atoms with E-state index in [0.717, 1.165) is 22.5 Å². The van der Waals surface area contributed by atoms with Crippen LogP contribution in [0.5, 0.6) is 0 Å². The standard InChI is InChI=1S/C17H18N2O/c1-10-7-8-15-13(9-10)16(17(20)19-15)18-14-6-4-5-11(2)12(14)3/h4-9,16,18H,1-3H3,(H,19,20). The molecule has 1 amide bonds. The highest BCUT2D eigenvalue weighted by molar-refractivity contribution is 6.04. The van der Waals surface area contributed by atoms with Crippen molar-refractivity contribution in [2.45, 2.75) is 26.8 Å². The van der Waals surface area contributed by atoms with E-state index in [1.807, 2.05) is 31.2 Å². The summed E-state index contributed by atoms with van der Waals surface area (Å²) in [4.78, 5) is 12.2. The van der Waals surface area contributed by atoms with Crippen LogP contribution in [0.4, 0.5) is 11.4 Å². The van der Waals surface area contributed by atoms with Gasteiger partial charge in [0.1, 0.15) is 6.04 Å². The number of hydrogen-bond acceptors (Lipinski definition) is 2. The van der Waals surface area contributed by atoms with Crippen LogP contribution >= 0.6 is 0 Å². The van der Waals surface area contributed by atoms with Crippen LogP contribution in [0.25, 0.3) is 0 Å². The molecule has 3 rings (SSSR count). The van der Waals surface area contributed by atoms with Crippen LogP contribution in [0.1, 0.15) is 28.3 Å². The maximum absolute atomic E-state index is 12.2. The molecule has 0 fully saturated rings. The minimum Gasteiger partial charge on any atom is -0.370 e. The van der Waals surface area contributed by atoms with Crippen LogP contribution in [-0.4, -0.2) is 5.91 Å². The molecule has 0 spiro atoms. The second-order valence-electron chi connectivity index (χ2n) is 5.40. The van der Waals surface area contributed by atoms with Gasteiger partial charge in [0.05, 0.1) is 0 Å².